The summed E-state index contributed by atoms with van der Waals surface area (Å²) in [5, 5.41) is 19.1. The van der Waals surface area contributed by atoms with Crippen molar-refractivity contribution in [1.82, 2.24) is 24.7 Å². The van der Waals surface area contributed by atoms with Gasteiger partial charge in [0.05, 0.1) is 6.54 Å². The Balaban J connectivity index is 2.21. The molecule has 0 aliphatic rings. The molecule has 1 unspecified atom stereocenters. The molecule has 2 rings (SSSR count). The summed E-state index contributed by atoms with van der Waals surface area (Å²) in [6, 6.07) is 1.74. The van der Waals surface area contributed by atoms with Crippen LogP contribution in [0.4, 0.5) is 11.9 Å². The number of amides is 1. The van der Waals surface area contributed by atoms with Crippen LogP contribution >= 0.6 is 0 Å². The Hall–Kier alpha value is -2.75. The Kier molecular flexibility index (Phi) is 4.61. The molecular weight excluding hydrogens is 276 g/mol. The first kappa shape index (κ1) is 14.7. The number of carbonyl (C=O) groups is 1. The predicted octanol–water partition coefficient (Wildman–Crippen LogP) is -1.25. The molecule has 10 heteroatoms. The molecule has 1 amide bonds. The number of hydrogen-bond acceptors (Lipinski definition) is 8. The summed E-state index contributed by atoms with van der Waals surface area (Å²) in [5.74, 6) is 0.0404. The van der Waals surface area contributed by atoms with E-state index in [2.05, 4.69) is 30.7 Å². The summed E-state index contributed by atoms with van der Waals surface area (Å²) in [6.07, 6.45) is 1.96. The van der Waals surface area contributed by atoms with Gasteiger partial charge < -0.3 is 21.5 Å². The normalized spacial score (nSPS) is 11.9. The third-order valence-electron chi connectivity index (χ3n) is 2.45. The molecule has 2 heterocycles. The first-order valence-corrected chi connectivity index (χ1v) is 6.31. The summed E-state index contributed by atoms with van der Waals surface area (Å²) in [5.41, 5.74) is 4.98. The molecule has 1 atom stereocenters. The zero-order valence-electron chi connectivity index (χ0n) is 11.4. The highest BCUT2D eigenvalue weighted by molar-refractivity contribution is 5.79. The van der Waals surface area contributed by atoms with Gasteiger partial charge in [-0.25, -0.2) is 4.68 Å². The fraction of sp³-hybridized carbons (Fsp3) is 0.364. The van der Waals surface area contributed by atoms with Crippen LogP contribution in [0.25, 0.3) is 5.95 Å². The van der Waals surface area contributed by atoms with Crippen LogP contribution in [0.3, 0.4) is 0 Å². The van der Waals surface area contributed by atoms with Gasteiger partial charge in [0.25, 0.3) is 5.95 Å². The largest absolute Gasteiger partial charge is 0.381 e. The summed E-state index contributed by atoms with van der Waals surface area (Å²) >= 11 is 0. The average molecular weight is 292 g/mol. The Morgan fingerprint density at radius 2 is 2.10 bits per heavy atom. The highest BCUT2D eigenvalue weighted by Crippen LogP contribution is 2.08. The van der Waals surface area contributed by atoms with Crippen LogP contribution < -0.4 is 16.4 Å². The minimum absolute atomic E-state index is 0.0938. The fourth-order valence-corrected chi connectivity index (χ4v) is 1.46. The Bertz CT molecular complexity index is 600. The van der Waals surface area contributed by atoms with Crippen LogP contribution in [-0.4, -0.2) is 54.9 Å². The number of aromatic nitrogens is 5. The third kappa shape index (κ3) is 3.86. The van der Waals surface area contributed by atoms with E-state index in [1.807, 2.05) is 6.92 Å². The molecule has 0 aromatic carbocycles. The first-order chi connectivity index (χ1) is 10.1. The van der Waals surface area contributed by atoms with Crippen molar-refractivity contribution in [1.29, 1.82) is 0 Å². The molecule has 0 saturated carbocycles. The van der Waals surface area contributed by atoms with E-state index in [4.69, 9.17) is 5.73 Å². The molecule has 0 bridgehead atoms. The number of hydrogen-bond donors (Lipinski definition) is 4. The van der Waals surface area contributed by atoms with Crippen molar-refractivity contribution >= 4 is 17.8 Å². The van der Waals surface area contributed by atoms with Crippen molar-refractivity contribution in [2.24, 2.45) is 5.73 Å². The standard InChI is InChI=1S/C11H16N8O2/c1-2-13-9-16-10(14-6-7(20)8(12)21)18-11(17-9)19-5-3-4-15-19/h3-5,7,20H,2,6H2,1H3,(H2,12,21)(H2,13,14,16,17,18). The zero-order chi connectivity index (χ0) is 15.2. The van der Waals surface area contributed by atoms with Crippen molar-refractivity contribution in [3.63, 3.8) is 0 Å². The highest BCUT2D eigenvalue weighted by Gasteiger charge is 2.13. The van der Waals surface area contributed by atoms with E-state index in [0.717, 1.165) is 0 Å². The van der Waals surface area contributed by atoms with Gasteiger partial charge in [-0.2, -0.15) is 20.1 Å². The second kappa shape index (κ2) is 6.61. The smallest absolute Gasteiger partial charge is 0.257 e. The van der Waals surface area contributed by atoms with E-state index in [1.165, 1.54) is 4.68 Å². The number of aliphatic hydroxyl groups is 1. The van der Waals surface area contributed by atoms with E-state index in [-0.39, 0.29) is 12.5 Å². The number of rotatable bonds is 7. The van der Waals surface area contributed by atoms with Crippen LogP contribution in [0.2, 0.25) is 0 Å². The second-order valence-electron chi connectivity index (χ2n) is 4.06. The molecule has 21 heavy (non-hydrogen) atoms. The Morgan fingerprint density at radius 1 is 1.38 bits per heavy atom. The molecule has 10 nitrogen and oxygen atoms in total. The van der Waals surface area contributed by atoms with Gasteiger partial charge in [-0.1, -0.05) is 0 Å². The third-order valence-corrected chi connectivity index (χ3v) is 2.45. The summed E-state index contributed by atoms with van der Waals surface area (Å²) in [7, 11) is 0. The van der Waals surface area contributed by atoms with Crippen molar-refractivity contribution < 1.29 is 9.90 Å². The van der Waals surface area contributed by atoms with Gasteiger partial charge in [0.15, 0.2) is 0 Å². The number of anilines is 2. The van der Waals surface area contributed by atoms with E-state index in [1.54, 1.807) is 18.5 Å². The number of aliphatic hydroxyl groups excluding tert-OH is 1. The van der Waals surface area contributed by atoms with E-state index >= 15 is 0 Å². The van der Waals surface area contributed by atoms with Gasteiger partial charge in [-0.15, -0.1) is 0 Å². The summed E-state index contributed by atoms with van der Waals surface area (Å²) in [4.78, 5) is 23.3. The summed E-state index contributed by atoms with van der Waals surface area (Å²) in [6.45, 7) is 2.44. The maximum Gasteiger partial charge on any atom is 0.257 e. The minimum atomic E-state index is -1.32. The lowest BCUT2D eigenvalue weighted by Crippen LogP contribution is -2.34. The monoisotopic (exact) mass is 292 g/mol. The molecule has 112 valence electrons. The lowest BCUT2D eigenvalue weighted by molar-refractivity contribution is -0.125. The molecule has 0 saturated heterocycles. The van der Waals surface area contributed by atoms with Crippen LogP contribution in [0.5, 0.6) is 0 Å². The van der Waals surface area contributed by atoms with Gasteiger partial charge in [0.2, 0.25) is 17.8 Å². The number of primary amides is 1. The maximum absolute atomic E-state index is 10.8. The highest BCUT2D eigenvalue weighted by atomic mass is 16.3. The van der Waals surface area contributed by atoms with E-state index in [0.29, 0.717) is 18.4 Å². The first-order valence-electron chi connectivity index (χ1n) is 6.31. The molecule has 0 aliphatic carbocycles. The van der Waals surface area contributed by atoms with Crippen LogP contribution in [0, 0.1) is 0 Å². The maximum atomic E-state index is 10.8. The van der Waals surface area contributed by atoms with Gasteiger partial charge in [-0.05, 0) is 13.0 Å². The van der Waals surface area contributed by atoms with Crippen molar-refractivity contribution in [2.75, 3.05) is 23.7 Å². The Morgan fingerprint density at radius 3 is 2.67 bits per heavy atom. The molecule has 2 aromatic rings. The molecule has 0 radical (unpaired) electrons. The van der Waals surface area contributed by atoms with Crippen LogP contribution in [-0.2, 0) is 4.79 Å². The Labute approximate surface area is 120 Å². The molecule has 0 fully saturated rings. The van der Waals surface area contributed by atoms with Gasteiger partial charge in [0, 0.05) is 18.9 Å². The number of nitrogens with one attached hydrogen (secondary N) is 2. The van der Waals surface area contributed by atoms with Crippen LogP contribution in [0.1, 0.15) is 6.92 Å². The molecule has 5 N–H and O–H groups in total. The SMILES string of the molecule is CCNc1nc(NCC(O)C(N)=O)nc(-n2cccn2)n1. The van der Waals surface area contributed by atoms with Gasteiger partial charge >= 0.3 is 0 Å². The number of nitrogens with two attached hydrogens (primary N) is 1. The predicted molar refractivity (Wildman–Crippen MR) is 74.8 cm³/mol. The summed E-state index contributed by atoms with van der Waals surface area (Å²) < 4.78 is 1.47. The minimum Gasteiger partial charge on any atom is -0.381 e. The lowest BCUT2D eigenvalue weighted by atomic mass is 10.3. The van der Waals surface area contributed by atoms with E-state index in [9.17, 15) is 9.90 Å². The topological polar surface area (TPSA) is 144 Å². The van der Waals surface area contributed by atoms with Crippen molar-refractivity contribution in [3.05, 3.63) is 18.5 Å². The lowest BCUT2D eigenvalue weighted by Gasteiger charge is -2.11. The van der Waals surface area contributed by atoms with Gasteiger partial charge in [-0.3, -0.25) is 4.79 Å². The average Bonchev–Trinajstić information content (AvgIpc) is 2.99. The zero-order valence-corrected chi connectivity index (χ0v) is 11.4. The number of carbonyl (C=O) groups excluding carboxylic acids is 1. The molecular formula is C11H16N8O2. The molecule has 0 spiro atoms. The van der Waals surface area contributed by atoms with Crippen molar-refractivity contribution in [2.45, 2.75) is 13.0 Å². The van der Waals surface area contributed by atoms with Crippen LogP contribution in [0.15, 0.2) is 18.5 Å². The number of nitrogens with zero attached hydrogens (tertiary/aromatic N) is 5. The van der Waals surface area contributed by atoms with Gasteiger partial charge in [0.1, 0.15) is 6.10 Å². The fourth-order valence-electron chi connectivity index (χ4n) is 1.46. The molecule has 0 aliphatic heterocycles. The molecule has 2 aromatic heterocycles. The second-order valence-corrected chi connectivity index (χ2v) is 4.06. The van der Waals surface area contributed by atoms with E-state index < -0.39 is 12.0 Å². The van der Waals surface area contributed by atoms with Crippen molar-refractivity contribution in [3.8, 4) is 5.95 Å². The quantitative estimate of drug-likeness (QED) is 0.495.